The molecule has 1 N–H and O–H groups in total. The fraction of sp³-hybridized carbons (Fsp3) is 0.900. The molecule has 2 bridgehead atoms. The predicted molar refractivity (Wildman–Crippen MR) is 53.1 cm³/mol. The number of hydrogen-bond donors (Lipinski definition) is 1. The molecule has 4 heteroatoms. The summed E-state index contributed by atoms with van der Waals surface area (Å²) in [5.41, 5.74) is 0. The van der Waals surface area contributed by atoms with Crippen LogP contribution in [0, 0.1) is 0 Å². The number of fused-ring (bicyclic) bond motifs is 2. The van der Waals surface area contributed by atoms with Gasteiger partial charge in [0.15, 0.2) is 0 Å². The van der Waals surface area contributed by atoms with Crippen molar-refractivity contribution >= 4 is 6.03 Å². The van der Waals surface area contributed by atoms with Crippen molar-refractivity contribution in [2.45, 2.75) is 31.3 Å². The predicted octanol–water partition coefficient (Wildman–Crippen LogP) is 0.248. The molecule has 2 unspecified atom stereocenters. The van der Waals surface area contributed by atoms with Gasteiger partial charge in [-0.15, -0.1) is 0 Å². The summed E-state index contributed by atoms with van der Waals surface area (Å²) in [6.07, 6.45) is 3.52. The number of rotatable bonds is 1. The minimum absolute atomic E-state index is 0.180. The van der Waals surface area contributed by atoms with E-state index in [1.165, 1.54) is 19.4 Å². The largest absolute Gasteiger partial charge is 0.335 e. The number of urea groups is 1. The van der Waals surface area contributed by atoms with Crippen molar-refractivity contribution in [3.63, 3.8) is 0 Å². The molecule has 2 amide bonds. The van der Waals surface area contributed by atoms with Crippen LogP contribution < -0.4 is 5.32 Å². The van der Waals surface area contributed by atoms with Crippen LogP contribution in [0.5, 0.6) is 0 Å². The summed E-state index contributed by atoms with van der Waals surface area (Å²) in [5, 5.41) is 3.07. The summed E-state index contributed by atoms with van der Waals surface area (Å²) in [5.74, 6) is 0. The lowest BCUT2D eigenvalue weighted by atomic mass is 10.2. The Labute approximate surface area is 84.2 Å². The van der Waals surface area contributed by atoms with E-state index in [-0.39, 0.29) is 6.03 Å². The first kappa shape index (κ1) is 8.53. The lowest BCUT2D eigenvalue weighted by molar-refractivity contribution is 0.142. The second kappa shape index (κ2) is 3.12. The van der Waals surface area contributed by atoms with Crippen molar-refractivity contribution in [1.82, 2.24) is 15.1 Å². The Morgan fingerprint density at radius 2 is 2.00 bits per heavy atom. The normalized spacial score (nSPS) is 35.9. The van der Waals surface area contributed by atoms with Crippen LogP contribution in [0.4, 0.5) is 4.79 Å². The van der Waals surface area contributed by atoms with Gasteiger partial charge in [0.2, 0.25) is 0 Å². The monoisotopic (exact) mass is 195 g/mol. The van der Waals surface area contributed by atoms with Crippen molar-refractivity contribution < 1.29 is 4.79 Å². The van der Waals surface area contributed by atoms with E-state index in [0.717, 1.165) is 26.1 Å². The molecule has 2 saturated heterocycles. The maximum atomic E-state index is 11.8. The van der Waals surface area contributed by atoms with Crippen LogP contribution >= 0.6 is 0 Å². The highest BCUT2D eigenvalue weighted by atomic mass is 16.2. The second-order valence-electron chi connectivity index (χ2n) is 4.66. The fourth-order valence-electron chi connectivity index (χ4n) is 2.45. The average molecular weight is 195 g/mol. The van der Waals surface area contributed by atoms with Gasteiger partial charge in [0.25, 0.3) is 0 Å². The van der Waals surface area contributed by atoms with E-state index in [1.807, 2.05) is 4.90 Å². The van der Waals surface area contributed by atoms with E-state index in [4.69, 9.17) is 0 Å². The van der Waals surface area contributed by atoms with Gasteiger partial charge in [0.05, 0.1) is 0 Å². The van der Waals surface area contributed by atoms with Gasteiger partial charge in [0, 0.05) is 38.3 Å². The summed E-state index contributed by atoms with van der Waals surface area (Å²) in [7, 11) is 0. The first-order valence-electron chi connectivity index (χ1n) is 5.62. The molecule has 3 rings (SSSR count). The highest BCUT2D eigenvalue weighted by Crippen LogP contribution is 2.23. The van der Waals surface area contributed by atoms with Gasteiger partial charge >= 0.3 is 6.03 Å². The Kier molecular flexibility index (Phi) is 1.90. The Morgan fingerprint density at radius 3 is 2.79 bits per heavy atom. The summed E-state index contributed by atoms with van der Waals surface area (Å²) < 4.78 is 0. The number of piperazine rings is 1. The molecule has 2 atom stereocenters. The third-order valence-electron chi connectivity index (χ3n) is 3.51. The Hall–Kier alpha value is -0.770. The first-order valence-corrected chi connectivity index (χ1v) is 5.62. The molecule has 4 nitrogen and oxygen atoms in total. The van der Waals surface area contributed by atoms with Gasteiger partial charge in [-0.3, -0.25) is 4.90 Å². The fourth-order valence-corrected chi connectivity index (χ4v) is 2.45. The SMILES string of the molecule is O=C(NC1CC1)N1CCN2CCC1C2. The van der Waals surface area contributed by atoms with Gasteiger partial charge in [-0.25, -0.2) is 4.79 Å². The van der Waals surface area contributed by atoms with E-state index >= 15 is 0 Å². The quantitative estimate of drug-likeness (QED) is 0.651. The van der Waals surface area contributed by atoms with Gasteiger partial charge < -0.3 is 10.2 Å². The van der Waals surface area contributed by atoms with E-state index in [0.29, 0.717) is 12.1 Å². The lowest BCUT2D eigenvalue weighted by Crippen LogP contribution is -2.53. The molecule has 0 radical (unpaired) electrons. The van der Waals surface area contributed by atoms with E-state index in [2.05, 4.69) is 10.2 Å². The van der Waals surface area contributed by atoms with E-state index < -0.39 is 0 Å². The number of carbonyl (C=O) groups is 1. The molecule has 3 aliphatic rings. The van der Waals surface area contributed by atoms with Crippen LogP contribution in [0.1, 0.15) is 19.3 Å². The minimum Gasteiger partial charge on any atom is -0.335 e. The van der Waals surface area contributed by atoms with Crippen molar-refractivity contribution in [3.05, 3.63) is 0 Å². The third kappa shape index (κ3) is 1.47. The zero-order chi connectivity index (χ0) is 9.54. The van der Waals surface area contributed by atoms with Crippen molar-refractivity contribution in [1.29, 1.82) is 0 Å². The van der Waals surface area contributed by atoms with Crippen LogP contribution in [-0.2, 0) is 0 Å². The van der Waals surface area contributed by atoms with Crippen LogP contribution in [0.3, 0.4) is 0 Å². The number of amides is 2. The number of carbonyl (C=O) groups excluding carboxylic acids is 1. The zero-order valence-electron chi connectivity index (χ0n) is 8.41. The van der Waals surface area contributed by atoms with Gasteiger partial charge in [0.1, 0.15) is 0 Å². The molecule has 0 aromatic heterocycles. The smallest absolute Gasteiger partial charge is 0.317 e. The average Bonchev–Trinajstić information content (AvgIpc) is 2.92. The molecular formula is C10H17N3O. The summed E-state index contributed by atoms with van der Waals surface area (Å²) in [4.78, 5) is 16.3. The molecule has 3 fully saturated rings. The van der Waals surface area contributed by atoms with Crippen LogP contribution in [0.15, 0.2) is 0 Å². The molecule has 14 heavy (non-hydrogen) atoms. The number of nitrogens with zero attached hydrogens (tertiary/aromatic N) is 2. The molecule has 0 aromatic rings. The number of nitrogens with one attached hydrogen (secondary N) is 1. The van der Waals surface area contributed by atoms with Crippen molar-refractivity contribution in [2.24, 2.45) is 0 Å². The minimum atomic E-state index is 0.180. The highest BCUT2D eigenvalue weighted by molar-refractivity contribution is 5.75. The summed E-state index contributed by atoms with van der Waals surface area (Å²) in [6.45, 7) is 4.26. The summed E-state index contributed by atoms with van der Waals surface area (Å²) in [6, 6.07) is 1.16. The lowest BCUT2D eigenvalue weighted by Gasteiger charge is -2.34. The highest BCUT2D eigenvalue weighted by Gasteiger charge is 2.36. The van der Waals surface area contributed by atoms with Crippen molar-refractivity contribution in [3.8, 4) is 0 Å². The zero-order valence-corrected chi connectivity index (χ0v) is 8.41. The van der Waals surface area contributed by atoms with Crippen molar-refractivity contribution in [2.75, 3.05) is 26.2 Å². The molecule has 1 aliphatic carbocycles. The Bertz CT molecular complexity index is 252. The van der Waals surface area contributed by atoms with Crippen LogP contribution in [-0.4, -0.2) is 54.1 Å². The van der Waals surface area contributed by atoms with Gasteiger partial charge in [-0.05, 0) is 19.3 Å². The van der Waals surface area contributed by atoms with Crippen LogP contribution in [0.25, 0.3) is 0 Å². The Morgan fingerprint density at radius 1 is 1.14 bits per heavy atom. The molecule has 78 valence electrons. The molecule has 2 aliphatic heterocycles. The first-order chi connectivity index (χ1) is 6.83. The number of hydrogen-bond acceptors (Lipinski definition) is 2. The van der Waals surface area contributed by atoms with Gasteiger partial charge in [-0.2, -0.15) is 0 Å². The maximum absolute atomic E-state index is 11.8. The molecule has 0 spiro atoms. The maximum Gasteiger partial charge on any atom is 0.317 e. The molecular weight excluding hydrogens is 178 g/mol. The third-order valence-corrected chi connectivity index (χ3v) is 3.51. The van der Waals surface area contributed by atoms with Crippen LogP contribution in [0.2, 0.25) is 0 Å². The topological polar surface area (TPSA) is 35.6 Å². The molecule has 0 aromatic carbocycles. The Balaban J connectivity index is 1.62. The molecule has 2 heterocycles. The second-order valence-corrected chi connectivity index (χ2v) is 4.66. The standard InChI is InChI=1S/C10H17N3O/c14-10(11-8-1-2-8)13-6-5-12-4-3-9(13)7-12/h8-9H,1-7H2,(H,11,14). The molecule has 1 saturated carbocycles. The summed E-state index contributed by atoms with van der Waals surface area (Å²) >= 11 is 0. The van der Waals surface area contributed by atoms with Gasteiger partial charge in [-0.1, -0.05) is 0 Å². The van der Waals surface area contributed by atoms with E-state index in [9.17, 15) is 4.79 Å². The van der Waals surface area contributed by atoms with E-state index in [1.54, 1.807) is 0 Å².